The number of carbonyl (C=O) groups is 1. The van der Waals surface area contributed by atoms with Crippen LogP contribution in [0.15, 0.2) is 42.6 Å². The number of carbonyl (C=O) groups excluding carboxylic acids is 1. The molecule has 1 fully saturated rings. The molecule has 0 radical (unpaired) electrons. The van der Waals surface area contributed by atoms with Gasteiger partial charge in [0.2, 0.25) is 5.88 Å². The fraction of sp³-hybridized carbons (Fsp3) is 0.333. The minimum atomic E-state index is -0.193. The topological polar surface area (TPSA) is 72.5 Å². The second-order valence-electron chi connectivity index (χ2n) is 5.46. The summed E-state index contributed by atoms with van der Waals surface area (Å²) < 4.78 is 11.0. The molecule has 2 heterocycles. The maximum atomic E-state index is 12.3. The molecule has 0 spiro atoms. The van der Waals surface area contributed by atoms with Crippen LogP contribution in [0.25, 0.3) is 0 Å². The van der Waals surface area contributed by atoms with Gasteiger partial charge in [-0.05, 0) is 30.7 Å². The second kappa shape index (κ2) is 7.90. The minimum Gasteiger partial charge on any atom is -0.478 e. The molecule has 1 aromatic heterocycles. The van der Waals surface area contributed by atoms with E-state index in [4.69, 9.17) is 9.47 Å². The molecule has 6 heteroatoms. The Labute approximate surface area is 141 Å². The zero-order valence-electron chi connectivity index (χ0n) is 13.6. The summed E-state index contributed by atoms with van der Waals surface area (Å²) in [5.74, 6) is 0.254. The lowest BCUT2D eigenvalue weighted by molar-refractivity contribution is 0.0277. The van der Waals surface area contributed by atoms with Crippen LogP contribution in [0, 0.1) is 0 Å². The summed E-state index contributed by atoms with van der Waals surface area (Å²) >= 11 is 0. The van der Waals surface area contributed by atoms with Gasteiger partial charge in [0.25, 0.3) is 5.91 Å². The number of ether oxygens (including phenoxy) is 2. The van der Waals surface area contributed by atoms with Crippen molar-refractivity contribution in [1.82, 2.24) is 10.3 Å². The van der Waals surface area contributed by atoms with E-state index in [1.807, 2.05) is 31.2 Å². The Morgan fingerprint density at radius 1 is 1.38 bits per heavy atom. The van der Waals surface area contributed by atoms with Gasteiger partial charge in [0.15, 0.2) is 0 Å². The van der Waals surface area contributed by atoms with Crippen molar-refractivity contribution < 1.29 is 14.3 Å². The van der Waals surface area contributed by atoms with Crippen LogP contribution in [0.4, 0.5) is 5.69 Å². The molecule has 2 N–H and O–H groups in total. The number of pyridine rings is 1. The van der Waals surface area contributed by atoms with E-state index < -0.39 is 0 Å². The molecule has 3 rings (SSSR count). The van der Waals surface area contributed by atoms with Gasteiger partial charge in [0, 0.05) is 36.6 Å². The number of aromatic nitrogens is 1. The van der Waals surface area contributed by atoms with Crippen molar-refractivity contribution in [3.8, 4) is 5.88 Å². The smallest absolute Gasteiger partial charge is 0.255 e. The molecule has 1 amide bonds. The van der Waals surface area contributed by atoms with Crippen molar-refractivity contribution in [2.75, 3.05) is 31.6 Å². The van der Waals surface area contributed by atoms with Gasteiger partial charge in [-0.25, -0.2) is 4.98 Å². The van der Waals surface area contributed by atoms with E-state index in [2.05, 4.69) is 15.6 Å². The number of benzene rings is 1. The van der Waals surface area contributed by atoms with E-state index in [0.717, 1.165) is 24.3 Å². The first-order chi connectivity index (χ1) is 11.8. The average Bonchev–Trinajstić information content (AvgIpc) is 2.64. The fourth-order valence-electron chi connectivity index (χ4n) is 2.54. The predicted molar refractivity (Wildman–Crippen MR) is 91.4 cm³/mol. The summed E-state index contributed by atoms with van der Waals surface area (Å²) in [5.41, 5.74) is 2.35. The molecular formula is C18H21N3O3. The van der Waals surface area contributed by atoms with Crippen molar-refractivity contribution in [2.45, 2.75) is 13.0 Å². The van der Waals surface area contributed by atoms with E-state index in [1.165, 1.54) is 0 Å². The summed E-state index contributed by atoms with van der Waals surface area (Å²) in [5, 5.41) is 6.18. The summed E-state index contributed by atoms with van der Waals surface area (Å²) in [4.78, 5) is 16.4. The molecule has 0 aliphatic carbocycles. The zero-order chi connectivity index (χ0) is 16.8. The minimum absolute atomic E-state index is 0.0671. The highest BCUT2D eigenvalue weighted by Crippen LogP contribution is 2.21. The number of hydrogen-bond acceptors (Lipinski definition) is 5. The predicted octanol–water partition coefficient (Wildman–Crippen LogP) is 2.39. The number of nitrogens with zero attached hydrogens (tertiary/aromatic N) is 1. The molecule has 1 aliphatic heterocycles. The molecule has 6 nitrogen and oxygen atoms in total. The largest absolute Gasteiger partial charge is 0.478 e. The SMILES string of the molecule is CCOc1cc(C(=O)Nc2ccc([C@@H]3CNCCO3)cc2)ccn1. The van der Waals surface area contributed by atoms with Crippen molar-refractivity contribution in [3.05, 3.63) is 53.7 Å². The highest BCUT2D eigenvalue weighted by atomic mass is 16.5. The number of hydrogen-bond donors (Lipinski definition) is 2. The van der Waals surface area contributed by atoms with Crippen LogP contribution >= 0.6 is 0 Å². The highest BCUT2D eigenvalue weighted by Gasteiger charge is 2.15. The molecule has 0 saturated carbocycles. The van der Waals surface area contributed by atoms with Gasteiger partial charge in [-0.2, -0.15) is 0 Å². The number of rotatable bonds is 5. The van der Waals surface area contributed by atoms with E-state index >= 15 is 0 Å². The van der Waals surface area contributed by atoms with Crippen LogP contribution in [0.5, 0.6) is 5.88 Å². The fourth-order valence-corrected chi connectivity index (χ4v) is 2.54. The first-order valence-corrected chi connectivity index (χ1v) is 8.08. The molecule has 1 atom stereocenters. The second-order valence-corrected chi connectivity index (χ2v) is 5.46. The third-order valence-electron chi connectivity index (χ3n) is 3.76. The molecule has 126 valence electrons. The Kier molecular flexibility index (Phi) is 5.40. The number of nitrogens with one attached hydrogen (secondary N) is 2. The van der Waals surface area contributed by atoms with Crippen LogP contribution in [0.1, 0.15) is 28.9 Å². The summed E-state index contributed by atoms with van der Waals surface area (Å²) in [6.07, 6.45) is 1.63. The van der Waals surface area contributed by atoms with E-state index in [-0.39, 0.29) is 12.0 Å². The standard InChI is InChI=1S/C18H21N3O3/c1-2-23-17-11-14(7-8-20-17)18(22)21-15-5-3-13(4-6-15)16-12-19-9-10-24-16/h3-8,11,16,19H,2,9-10,12H2,1H3,(H,21,22)/t16-/m0/s1. The normalized spacial score (nSPS) is 17.3. The Balaban J connectivity index is 1.64. The molecular weight excluding hydrogens is 306 g/mol. The lowest BCUT2D eigenvalue weighted by atomic mass is 10.1. The monoisotopic (exact) mass is 327 g/mol. The first kappa shape index (κ1) is 16.4. The lowest BCUT2D eigenvalue weighted by Gasteiger charge is -2.24. The van der Waals surface area contributed by atoms with Crippen LogP contribution in [0.3, 0.4) is 0 Å². The number of anilines is 1. The third-order valence-corrected chi connectivity index (χ3v) is 3.76. The Morgan fingerprint density at radius 2 is 2.21 bits per heavy atom. The maximum absolute atomic E-state index is 12.3. The summed E-state index contributed by atoms with van der Waals surface area (Å²) in [6.45, 7) is 4.80. The third kappa shape index (κ3) is 4.10. The van der Waals surface area contributed by atoms with E-state index in [0.29, 0.717) is 24.7 Å². The van der Waals surface area contributed by atoms with Crippen LogP contribution in [-0.2, 0) is 4.74 Å². The quantitative estimate of drug-likeness (QED) is 0.882. The summed E-state index contributed by atoms with van der Waals surface area (Å²) in [6, 6.07) is 11.0. The Morgan fingerprint density at radius 3 is 2.92 bits per heavy atom. The number of morpholine rings is 1. The van der Waals surface area contributed by atoms with Gasteiger partial charge in [-0.1, -0.05) is 12.1 Å². The average molecular weight is 327 g/mol. The molecule has 1 aromatic carbocycles. The van der Waals surface area contributed by atoms with Gasteiger partial charge in [-0.3, -0.25) is 4.79 Å². The molecule has 2 aromatic rings. The number of amides is 1. The van der Waals surface area contributed by atoms with Crippen LogP contribution < -0.4 is 15.4 Å². The van der Waals surface area contributed by atoms with E-state index in [1.54, 1.807) is 18.3 Å². The van der Waals surface area contributed by atoms with Gasteiger partial charge >= 0.3 is 0 Å². The van der Waals surface area contributed by atoms with Crippen molar-refractivity contribution in [1.29, 1.82) is 0 Å². The van der Waals surface area contributed by atoms with Crippen LogP contribution in [-0.4, -0.2) is 37.2 Å². The van der Waals surface area contributed by atoms with Crippen molar-refractivity contribution >= 4 is 11.6 Å². The van der Waals surface area contributed by atoms with Gasteiger partial charge in [0.05, 0.1) is 19.3 Å². The first-order valence-electron chi connectivity index (χ1n) is 8.08. The zero-order valence-corrected chi connectivity index (χ0v) is 13.6. The van der Waals surface area contributed by atoms with Crippen molar-refractivity contribution in [3.63, 3.8) is 0 Å². The van der Waals surface area contributed by atoms with Gasteiger partial charge in [0.1, 0.15) is 0 Å². The van der Waals surface area contributed by atoms with Gasteiger partial charge < -0.3 is 20.1 Å². The summed E-state index contributed by atoms with van der Waals surface area (Å²) in [7, 11) is 0. The highest BCUT2D eigenvalue weighted by molar-refractivity contribution is 6.04. The lowest BCUT2D eigenvalue weighted by Crippen LogP contribution is -2.33. The van der Waals surface area contributed by atoms with Crippen molar-refractivity contribution in [2.24, 2.45) is 0 Å². The molecule has 0 bridgehead atoms. The molecule has 0 unspecified atom stereocenters. The maximum Gasteiger partial charge on any atom is 0.255 e. The molecule has 24 heavy (non-hydrogen) atoms. The molecule has 1 aliphatic rings. The van der Waals surface area contributed by atoms with Crippen LogP contribution in [0.2, 0.25) is 0 Å². The van der Waals surface area contributed by atoms with E-state index in [9.17, 15) is 4.79 Å². The van der Waals surface area contributed by atoms with Gasteiger partial charge in [-0.15, -0.1) is 0 Å². The Bertz CT molecular complexity index is 682. The Hall–Kier alpha value is -2.44. The molecule has 1 saturated heterocycles.